The normalized spacial score (nSPS) is 11.3. The van der Waals surface area contributed by atoms with Crippen LogP contribution in [0.5, 0.6) is 0 Å². The Morgan fingerprint density at radius 1 is 1.44 bits per heavy atom. The van der Waals surface area contributed by atoms with E-state index in [0.29, 0.717) is 11.4 Å². The fourth-order valence-corrected chi connectivity index (χ4v) is 1.22. The number of ether oxygens (including phenoxy) is 1. The fraction of sp³-hybridized carbons (Fsp3) is 0.364. The Kier molecular flexibility index (Phi) is 4.55. The van der Waals surface area contributed by atoms with Gasteiger partial charge < -0.3 is 15.8 Å². The zero-order chi connectivity index (χ0) is 13.8. The van der Waals surface area contributed by atoms with Crippen LogP contribution in [0, 0.1) is 6.92 Å². The average Bonchev–Trinajstić information content (AvgIpc) is 2.21. The Bertz CT molecular complexity index is 433. The van der Waals surface area contributed by atoms with Crippen molar-refractivity contribution >= 4 is 17.3 Å². The van der Waals surface area contributed by atoms with E-state index in [-0.39, 0.29) is 0 Å². The number of halogens is 3. The van der Waals surface area contributed by atoms with Gasteiger partial charge in [0.25, 0.3) is 0 Å². The number of rotatable bonds is 4. The number of hydrogen-bond donors (Lipinski definition) is 2. The van der Waals surface area contributed by atoms with Gasteiger partial charge >= 0.3 is 6.18 Å². The van der Waals surface area contributed by atoms with Crippen molar-refractivity contribution in [3.05, 3.63) is 23.8 Å². The van der Waals surface area contributed by atoms with Crippen molar-refractivity contribution in [1.29, 1.82) is 0 Å². The number of aryl methyl sites for hydroxylation is 1. The van der Waals surface area contributed by atoms with Gasteiger partial charge in [0.1, 0.15) is 13.2 Å². The lowest BCUT2D eigenvalue weighted by Crippen LogP contribution is -2.24. The molecule has 1 amide bonds. The molecule has 1 aromatic rings. The number of anilines is 2. The SMILES string of the molecule is Cc1ccc(N)cc1NC(=O)COCC(F)(F)F. The number of alkyl halides is 3. The van der Waals surface area contributed by atoms with Gasteiger partial charge in [-0.2, -0.15) is 13.2 Å². The molecule has 0 spiro atoms. The van der Waals surface area contributed by atoms with Crippen LogP contribution in [-0.4, -0.2) is 25.3 Å². The highest BCUT2D eigenvalue weighted by atomic mass is 19.4. The molecule has 0 atom stereocenters. The maximum Gasteiger partial charge on any atom is 0.411 e. The highest BCUT2D eigenvalue weighted by molar-refractivity contribution is 5.92. The third kappa shape index (κ3) is 5.05. The average molecular weight is 262 g/mol. The second kappa shape index (κ2) is 5.72. The molecule has 0 radical (unpaired) electrons. The number of nitrogens with two attached hydrogens (primary N) is 1. The van der Waals surface area contributed by atoms with Gasteiger partial charge in [-0.05, 0) is 24.6 Å². The Hall–Kier alpha value is -1.76. The van der Waals surface area contributed by atoms with E-state index in [4.69, 9.17) is 5.73 Å². The van der Waals surface area contributed by atoms with E-state index in [0.717, 1.165) is 5.56 Å². The Labute approximate surface area is 102 Å². The van der Waals surface area contributed by atoms with Gasteiger partial charge in [-0.3, -0.25) is 4.79 Å². The summed E-state index contributed by atoms with van der Waals surface area (Å²) in [5.74, 6) is -0.659. The minimum atomic E-state index is -4.44. The molecule has 0 fully saturated rings. The monoisotopic (exact) mass is 262 g/mol. The predicted octanol–water partition coefficient (Wildman–Crippen LogP) is 2.09. The number of carbonyl (C=O) groups is 1. The molecule has 0 saturated heterocycles. The largest absolute Gasteiger partial charge is 0.411 e. The molecule has 0 bridgehead atoms. The fourth-order valence-electron chi connectivity index (χ4n) is 1.22. The topological polar surface area (TPSA) is 64.3 Å². The molecule has 0 aliphatic carbocycles. The molecule has 3 N–H and O–H groups in total. The second-order valence-electron chi connectivity index (χ2n) is 3.73. The number of amides is 1. The Morgan fingerprint density at radius 2 is 2.11 bits per heavy atom. The van der Waals surface area contributed by atoms with Crippen LogP contribution in [0.1, 0.15) is 5.56 Å². The van der Waals surface area contributed by atoms with Crippen LogP contribution in [0.25, 0.3) is 0 Å². The molecule has 0 unspecified atom stereocenters. The Balaban J connectivity index is 2.47. The first-order valence-electron chi connectivity index (χ1n) is 5.08. The predicted molar refractivity (Wildman–Crippen MR) is 61.1 cm³/mol. The van der Waals surface area contributed by atoms with Crippen LogP contribution in [0.2, 0.25) is 0 Å². The quantitative estimate of drug-likeness (QED) is 0.817. The van der Waals surface area contributed by atoms with E-state index in [1.54, 1.807) is 19.1 Å². The molecule has 4 nitrogen and oxygen atoms in total. The molecule has 7 heteroatoms. The molecular formula is C11H13F3N2O2. The zero-order valence-electron chi connectivity index (χ0n) is 9.67. The first kappa shape index (κ1) is 14.3. The summed E-state index contributed by atoms with van der Waals surface area (Å²) in [4.78, 5) is 11.3. The number of nitrogens with one attached hydrogen (secondary N) is 1. The molecule has 100 valence electrons. The lowest BCUT2D eigenvalue weighted by atomic mass is 10.2. The molecule has 0 saturated carbocycles. The number of nitrogen functional groups attached to an aromatic ring is 1. The van der Waals surface area contributed by atoms with Gasteiger partial charge in [0, 0.05) is 11.4 Å². The Morgan fingerprint density at radius 3 is 2.72 bits per heavy atom. The minimum absolute atomic E-state index is 0.451. The number of benzene rings is 1. The standard InChI is InChI=1S/C11H13F3N2O2/c1-7-2-3-8(15)4-9(7)16-10(17)5-18-6-11(12,13)14/h2-4H,5-6,15H2,1H3,(H,16,17). The summed E-state index contributed by atoms with van der Waals surface area (Å²) < 4.78 is 39.6. The first-order valence-corrected chi connectivity index (χ1v) is 5.08. The summed E-state index contributed by atoms with van der Waals surface area (Å²) in [6.45, 7) is -0.365. The number of hydrogen-bond acceptors (Lipinski definition) is 3. The lowest BCUT2D eigenvalue weighted by molar-refractivity contribution is -0.174. The minimum Gasteiger partial charge on any atom is -0.399 e. The zero-order valence-corrected chi connectivity index (χ0v) is 9.67. The van der Waals surface area contributed by atoms with Crippen LogP contribution in [-0.2, 0) is 9.53 Å². The van der Waals surface area contributed by atoms with E-state index in [9.17, 15) is 18.0 Å². The molecule has 1 aromatic carbocycles. The molecule has 0 aromatic heterocycles. The van der Waals surface area contributed by atoms with Crippen LogP contribution >= 0.6 is 0 Å². The highest BCUT2D eigenvalue weighted by Crippen LogP contribution is 2.18. The van der Waals surface area contributed by atoms with E-state index in [1.807, 2.05) is 0 Å². The van der Waals surface area contributed by atoms with Gasteiger partial charge in [0.15, 0.2) is 0 Å². The number of carbonyl (C=O) groups excluding carboxylic acids is 1. The third-order valence-corrected chi connectivity index (χ3v) is 2.03. The van der Waals surface area contributed by atoms with E-state index in [1.165, 1.54) is 6.07 Å². The van der Waals surface area contributed by atoms with Crippen molar-refractivity contribution in [3.8, 4) is 0 Å². The van der Waals surface area contributed by atoms with Crippen molar-refractivity contribution in [2.45, 2.75) is 13.1 Å². The van der Waals surface area contributed by atoms with Crippen LogP contribution in [0.15, 0.2) is 18.2 Å². The van der Waals surface area contributed by atoms with Crippen molar-refractivity contribution in [2.75, 3.05) is 24.3 Å². The van der Waals surface area contributed by atoms with E-state index >= 15 is 0 Å². The summed E-state index contributed by atoms with van der Waals surface area (Å²) >= 11 is 0. The summed E-state index contributed by atoms with van der Waals surface area (Å²) in [6.07, 6.45) is -4.44. The second-order valence-corrected chi connectivity index (χ2v) is 3.73. The van der Waals surface area contributed by atoms with Gasteiger partial charge in [0.2, 0.25) is 5.91 Å². The van der Waals surface area contributed by atoms with Gasteiger partial charge in [0.05, 0.1) is 0 Å². The molecule has 18 heavy (non-hydrogen) atoms. The van der Waals surface area contributed by atoms with Crippen LogP contribution in [0.4, 0.5) is 24.5 Å². The third-order valence-electron chi connectivity index (χ3n) is 2.03. The van der Waals surface area contributed by atoms with Crippen molar-refractivity contribution in [2.24, 2.45) is 0 Å². The summed E-state index contributed by atoms with van der Waals surface area (Å²) in [5, 5.41) is 2.43. The van der Waals surface area contributed by atoms with E-state index in [2.05, 4.69) is 10.1 Å². The summed E-state index contributed by atoms with van der Waals surface area (Å²) in [7, 11) is 0. The smallest absolute Gasteiger partial charge is 0.399 e. The van der Waals surface area contributed by atoms with Crippen molar-refractivity contribution < 1.29 is 22.7 Å². The first-order chi connectivity index (χ1) is 8.28. The van der Waals surface area contributed by atoms with Crippen LogP contribution in [0.3, 0.4) is 0 Å². The summed E-state index contributed by atoms with van der Waals surface area (Å²) in [6, 6.07) is 4.88. The van der Waals surface area contributed by atoms with Gasteiger partial charge in [-0.15, -0.1) is 0 Å². The van der Waals surface area contributed by atoms with Gasteiger partial charge in [-0.25, -0.2) is 0 Å². The highest BCUT2D eigenvalue weighted by Gasteiger charge is 2.27. The molecule has 0 aliphatic heterocycles. The van der Waals surface area contributed by atoms with Crippen LogP contribution < -0.4 is 11.1 Å². The maximum atomic E-state index is 11.8. The maximum absolute atomic E-state index is 11.8. The lowest BCUT2D eigenvalue weighted by Gasteiger charge is -2.10. The van der Waals surface area contributed by atoms with Crippen molar-refractivity contribution in [1.82, 2.24) is 0 Å². The van der Waals surface area contributed by atoms with E-state index < -0.39 is 25.3 Å². The molecule has 1 rings (SSSR count). The molecular weight excluding hydrogens is 249 g/mol. The molecule has 0 heterocycles. The van der Waals surface area contributed by atoms with Crippen molar-refractivity contribution in [3.63, 3.8) is 0 Å². The molecule has 0 aliphatic rings. The summed E-state index contributed by atoms with van der Waals surface area (Å²) in [5.41, 5.74) is 7.19. The van der Waals surface area contributed by atoms with Gasteiger partial charge in [-0.1, -0.05) is 6.07 Å².